The van der Waals surface area contributed by atoms with Crippen LogP contribution in [0.1, 0.15) is 18.3 Å². The zero-order chi connectivity index (χ0) is 16.1. The van der Waals surface area contributed by atoms with Gasteiger partial charge in [-0.25, -0.2) is 0 Å². The van der Waals surface area contributed by atoms with E-state index in [0.29, 0.717) is 0 Å². The largest absolute Gasteiger partial charge is 0.497 e. The Labute approximate surface area is 140 Å². The highest BCUT2D eigenvalue weighted by molar-refractivity contribution is 7.98. The summed E-state index contributed by atoms with van der Waals surface area (Å²) < 4.78 is 7.41. The second-order valence-corrected chi connectivity index (χ2v) is 6.01. The molecule has 0 bridgehead atoms. The maximum atomic E-state index is 5.28. The van der Waals surface area contributed by atoms with Crippen LogP contribution in [0, 0.1) is 0 Å². The number of thioether (sulfide) groups is 1. The minimum Gasteiger partial charge on any atom is -0.497 e. The Morgan fingerprint density at radius 2 is 1.87 bits per heavy atom. The second kappa shape index (κ2) is 7.33. The molecule has 0 radical (unpaired) electrons. The summed E-state index contributed by atoms with van der Waals surface area (Å²) in [4.78, 5) is 0. The molecule has 3 rings (SSSR count). The van der Waals surface area contributed by atoms with E-state index in [9.17, 15) is 0 Å². The molecule has 0 aliphatic heterocycles. The average molecular weight is 325 g/mol. The number of ether oxygens (including phenoxy) is 1. The summed E-state index contributed by atoms with van der Waals surface area (Å²) in [5.41, 5.74) is 2.30. The lowest BCUT2D eigenvalue weighted by Gasteiger charge is -2.09. The molecule has 0 atom stereocenters. The SMILES string of the molecule is CCc1nnc(SCc2cccc(OC)c2)n1-c1ccccc1. The summed E-state index contributed by atoms with van der Waals surface area (Å²) in [5.74, 6) is 2.68. The Hall–Kier alpha value is -2.27. The van der Waals surface area contributed by atoms with Crippen LogP contribution < -0.4 is 4.74 Å². The van der Waals surface area contributed by atoms with Crippen molar-refractivity contribution in [1.82, 2.24) is 14.8 Å². The van der Waals surface area contributed by atoms with Crippen LogP contribution in [0.5, 0.6) is 5.75 Å². The lowest BCUT2D eigenvalue weighted by Crippen LogP contribution is -2.01. The second-order valence-electron chi connectivity index (χ2n) is 5.06. The predicted octanol–water partition coefficient (Wildman–Crippen LogP) is 4.13. The van der Waals surface area contributed by atoms with Crippen LogP contribution in [0.15, 0.2) is 59.8 Å². The van der Waals surface area contributed by atoms with E-state index in [1.54, 1.807) is 18.9 Å². The number of aromatic nitrogens is 3. The van der Waals surface area contributed by atoms with Gasteiger partial charge in [0.15, 0.2) is 5.16 Å². The molecule has 0 N–H and O–H groups in total. The first-order valence-electron chi connectivity index (χ1n) is 7.57. The molecule has 3 aromatic rings. The third kappa shape index (κ3) is 3.56. The van der Waals surface area contributed by atoms with Crippen molar-refractivity contribution in [3.8, 4) is 11.4 Å². The van der Waals surface area contributed by atoms with Gasteiger partial charge in [0.2, 0.25) is 0 Å². The Kier molecular flexibility index (Phi) is 4.98. The minimum absolute atomic E-state index is 0.825. The molecule has 1 aromatic heterocycles. The molecule has 118 valence electrons. The summed E-state index contributed by atoms with van der Waals surface area (Å²) >= 11 is 1.68. The van der Waals surface area contributed by atoms with Crippen molar-refractivity contribution in [1.29, 1.82) is 0 Å². The van der Waals surface area contributed by atoms with Crippen molar-refractivity contribution in [3.63, 3.8) is 0 Å². The van der Waals surface area contributed by atoms with Gasteiger partial charge >= 0.3 is 0 Å². The normalized spacial score (nSPS) is 10.7. The van der Waals surface area contributed by atoms with E-state index in [1.165, 1.54) is 5.56 Å². The highest BCUT2D eigenvalue weighted by Crippen LogP contribution is 2.26. The number of hydrogen-bond acceptors (Lipinski definition) is 4. The van der Waals surface area contributed by atoms with Crippen LogP contribution in [0.2, 0.25) is 0 Å². The third-order valence-corrected chi connectivity index (χ3v) is 4.53. The van der Waals surface area contributed by atoms with Gasteiger partial charge in [0.05, 0.1) is 7.11 Å². The summed E-state index contributed by atoms with van der Waals surface area (Å²) in [6, 6.07) is 18.4. The number of rotatable bonds is 6. The molecule has 0 unspecified atom stereocenters. The van der Waals surface area contributed by atoms with Gasteiger partial charge in [-0.3, -0.25) is 4.57 Å². The van der Waals surface area contributed by atoms with Crippen molar-refractivity contribution < 1.29 is 4.74 Å². The molecular weight excluding hydrogens is 306 g/mol. The molecule has 1 heterocycles. The summed E-state index contributed by atoms with van der Waals surface area (Å²) in [5, 5.41) is 9.60. The molecule has 0 fully saturated rings. The molecule has 0 saturated carbocycles. The fourth-order valence-corrected chi connectivity index (χ4v) is 3.28. The van der Waals surface area contributed by atoms with Gasteiger partial charge < -0.3 is 4.74 Å². The fraction of sp³-hybridized carbons (Fsp3) is 0.222. The van der Waals surface area contributed by atoms with Crippen LogP contribution in [-0.4, -0.2) is 21.9 Å². The maximum absolute atomic E-state index is 5.28. The summed E-state index contributed by atoms with van der Waals surface area (Å²) in [7, 11) is 1.69. The first-order valence-corrected chi connectivity index (χ1v) is 8.56. The van der Waals surface area contributed by atoms with Crippen molar-refractivity contribution in [3.05, 3.63) is 66.0 Å². The molecule has 0 aliphatic carbocycles. The topological polar surface area (TPSA) is 39.9 Å². The van der Waals surface area contributed by atoms with E-state index in [0.717, 1.165) is 34.6 Å². The van der Waals surface area contributed by atoms with E-state index < -0.39 is 0 Å². The Morgan fingerprint density at radius 3 is 2.61 bits per heavy atom. The van der Waals surface area contributed by atoms with Crippen LogP contribution in [0.25, 0.3) is 5.69 Å². The van der Waals surface area contributed by atoms with Gasteiger partial charge in [0.1, 0.15) is 11.6 Å². The van der Waals surface area contributed by atoms with E-state index in [-0.39, 0.29) is 0 Å². The van der Waals surface area contributed by atoms with Crippen LogP contribution in [0.4, 0.5) is 0 Å². The molecule has 23 heavy (non-hydrogen) atoms. The van der Waals surface area contributed by atoms with Gasteiger partial charge in [-0.1, -0.05) is 49.0 Å². The van der Waals surface area contributed by atoms with Crippen molar-refractivity contribution >= 4 is 11.8 Å². The van der Waals surface area contributed by atoms with E-state index in [4.69, 9.17) is 4.74 Å². The van der Waals surface area contributed by atoms with Gasteiger partial charge in [0, 0.05) is 17.9 Å². The molecular formula is C18H19N3OS. The van der Waals surface area contributed by atoms with Crippen molar-refractivity contribution in [2.45, 2.75) is 24.3 Å². The standard InChI is InChI=1S/C18H19N3OS/c1-3-17-19-20-18(21(17)15-9-5-4-6-10-15)23-13-14-8-7-11-16(12-14)22-2/h4-12H,3,13H2,1-2H3. The third-order valence-electron chi connectivity index (χ3n) is 3.53. The first-order chi connectivity index (χ1) is 11.3. The first kappa shape index (κ1) is 15.6. The van der Waals surface area contributed by atoms with Gasteiger partial charge in [-0.15, -0.1) is 10.2 Å². The van der Waals surface area contributed by atoms with Gasteiger partial charge in [-0.05, 0) is 29.8 Å². The van der Waals surface area contributed by atoms with E-state index in [2.05, 4.69) is 46.0 Å². The van der Waals surface area contributed by atoms with E-state index in [1.807, 2.05) is 30.3 Å². The molecule has 0 spiro atoms. The predicted molar refractivity (Wildman–Crippen MR) is 93.3 cm³/mol. The summed E-state index contributed by atoms with van der Waals surface area (Å²) in [6.07, 6.45) is 0.849. The summed E-state index contributed by atoms with van der Waals surface area (Å²) in [6.45, 7) is 2.10. The monoisotopic (exact) mass is 325 g/mol. The van der Waals surface area contributed by atoms with E-state index >= 15 is 0 Å². The Balaban J connectivity index is 1.84. The fourth-order valence-electron chi connectivity index (χ4n) is 2.37. The number of aryl methyl sites for hydroxylation is 1. The molecule has 0 aliphatic rings. The molecule has 0 amide bonds. The highest BCUT2D eigenvalue weighted by Gasteiger charge is 2.13. The van der Waals surface area contributed by atoms with Crippen molar-refractivity contribution in [2.24, 2.45) is 0 Å². The lowest BCUT2D eigenvalue weighted by atomic mass is 10.2. The zero-order valence-electron chi connectivity index (χ0n) is 13.3. The number of para-hydroxylation sites is 1. The Morgan fingerprint density at radius 1 is 1.04 bits per heavy atom. The minimum atomic E-state index is 0.825. The van der Waals surface area contributed by atoms with Crippen LogP contribution in [-0.2, 0) is 12.2 Å². The number of nitrogens with zero attached hydrogens (tertiary/aromatic N) is 3. The number of methoxy groups -OCH3 is 1. The van der Waals surface area contributed by atoms with Gasteiger partial charge in [0.25, 0.3) is 0 Å². The quantitative estimate of drug-likeness (QED) is 0.639. The number of hydrogen-bond donors (Lipinski definition) is 0. The molecule has 4 nitrogen and oxygen atoms in total. The van der Waals surface area contributed by atoms with Crippen LogP contribution >= 0.6 is 11.8 Å². The maximum Gasteiger partial charge on any atom is 0.196 e. The zero-order valence-corrected chi connectivity index (χ0v) is 14.1. The highest BCUT2D eigenvalue weighted by atomic mass is 32.2. The van der Waals surface area contributed by atoms with Crippen molar-refractivity contribution in [2.75, 3.05) is 7.11 Å². The van der Waals surface area contributed by atoms with Crippen LogP contribution in [0.3, 0.4) is 0 Å². The molecule has 0 saturated heterocycles. The number of benzene rings is 2. The van der Waals surface area contributed by atoms with Gasteiger partial charge in [-0.2, -0.15) is 0 Å². The average Bonchev–Trinajstić information content (AvgIpc) is 3.04. The smallest absolute Gasteiger partial charge is 0.196 e. The lowest BCUT2D eigenvalue weighted by molar-refractivity contribution is 0.414. The molecule has 2 aromatic carbocycles. The Bertz CT molecular complexity index is 771. The molecule has 5 heteroatoms.